The standard InChI is InChI=1S/C24H31N3O3/c1-18(2)16-19-17-30-22-12-5-4-10-20(22)23(28)26(3)14-8-9-15-27(19)24(29)21-11-6-7-13-25-21/h4-7,10-13,18-19H,8-9,14-17H2,1-3H3/t19-/m0/s1. The molecule has 1 aliphatic heterocycles. The van der Waals surface area contributed by atoms with Crippen LogP contribution >= 0.6 is 0 Å². The summed E-state index contributed by atoms with van der Waals surface area (Å²) in [5.41, 5.74) is 1.01. The van der Waals surface area contributed by atoms with Gasteiger partial charge in [-0.1, -0.05) is 32.0 Å². The summed E-state index contributed by atoms with van der Waals surface area (Å²) < 4.78 is 6.15. The average molecular weight is 410 g/mol. The Kier molecular flexibility index (Phi) is 7.44. The topological polar surface area (TPSA) is 62.7 Å². The van der Waals surface area contributed by atoms with Crippen LogP contribution in [0.1, 0.15) is 54.0 Å². The van der Waals surface area contributed by atoms with E-state index in [-0.39, 0.29) is 17.9 Å². The minimum absolute atomic E-state index is 0.0343. The molecular formula is C24H31N3O3. The molecule has 160 valence electrons. The molecule has 0 aliphatic carbocycles. The van der Waals surface area contributed by atoms with Gasteiger partial charge in [-0.25, -0.2) is 0 Å². The SMILES string of the molecule is CC(C)C[C@H]1COc2ccccc2C(=O)N(C)CCCCN1C(=O)c1ccccn1. The van der Waals surface area contributed by atoms with Crippen molar-refractivity contribution < 1.29 is 14.3 Å². The van der Waals surface area contributed by atoms with Gasteiger partial charge >= 0.3 is 0 Å². The Hall–Kier alpha value is -2.89. The molecule has 3 rings (SSSR count). The van der Waals surface area contributed by atoms with E-state index >= 15 is 0 Å². The van der Waals surface area contributed by atoms with Crippen LogP contribution in [0.3, 0.4) is 0 Å². The zero-order valence-electron chi connectivity index (χ0n) is 18.1. The highest BCUT2D eigenvalue weighted by atomic mass is 16.5. The minimum Gasteiger partial charge on any atom is -0.491 e. The number of carbonyl (C=O) groups is 2. The van der Waals surface area contributed by atoms with Crippen LogP contribution in [0.15, 0.2) is 48.7 Å². The predicted molar refractivity (Wildman–Crippen MR) is 117 cm³/mol. The Morgan fingerprint density at radius 1 is 1.13 bits per heavy atom. The number of pyridine rings is 1. The summed E-state index contributed by atoms with van der Waals surface area (Å²) in [6.45, 7) is 5.87. The second-order valence-electron chi connectivity index (χ2n) is 8.24. The molecule has 0 saturated heterocycles. The first-order chi connectivity index (χ1) is 14.5. The van der Waals surface area contributed by atoms with Gasteiger partial charge in [-0.3, -0.25) is 14.6 Å². The van der Waals surface area contributed by atoms with Gasteiger partial charge in [-0.05, 0) is 49.4 Å². The summed E-state index contributed by atoms with van der Waals surface area (Å²) in [6, 6.07) is 12.6. The van der Waals surface area contributed by atoms with Crippen molar-refractivity contribution in [3.05, 3.63) is 59.9 Å². The van der Waals surface area contributed by atoms with Crippen molar-refractivity contribution in [1.29, 1.82) is 0 Å². The highest BCUT2D eigenvalue weighted by Gasteiger charge is 2.28. The summed E-state index contributed by atoms with van der Waals surface area (Å²) in [6.07, 6.45) is 4.10. The third-order valence-electron chi connectivity index (χ3n) is 5.37. The highest BCUT2D eigenvalue weighted by Crippen LogP contribution is 2.23. The highest BCUT2D eigenvalue weighted by molar-refractivity contribution is 5.96. The zero-order valence-corrected chi connectivity index (χ0v) is 18.1. The average Bonchev–Trinajstić information content (AvgIpc) is 2.75. The van der Waals surface area contributed by atoms with Crippen LogP contribution in [0.4, 0.5) is 0 Å². The maximum absolute atomic E-state index is 13.3. The molecule has 1 atom stereocenters. The molecule has 1 aromatic carbocycles. The molecule has 30 heavy (non-hydrogen) atoms. The number of ether oxygens (including phenoxy) is 1. The van der Waals surface area contributed by atoms with Crippen molar-refractivity contribution >= 4 is 11.8 Å². The fourth-order valence-corrected chi connectivity index (χ4v) is 3.81. The number of benzene rings is 1. The molecule has 0 fully saturated rings. The molecule has 2 aromatic rings. The van der Waals surface area contributed by atoms with E-state index < -0.39 is 0 Å². The van der Waals surface area contributed by atoms with Crippen molar-refractivity contribution in [3.8, 4) is 5.75 Å². The lowest BCUT2D eigenvalue weighted by molar-refractivity contribution is 0.0553. The number of hydrogen-bond acceptors (Lipinski definition) is 4. The lowest BCUT2D eigenvalue weighted by atomic mass is 10.0. The van der Waals surface area contributed by atoms with E-state index in [0.717, 1.165) is 19.3 Å². The summed E-state index contributed by atoms with van der Waals surface area (Å²) >= 11 is 0. The normalized spacial score (nSPS) is 18.3. The molecule has 0 N–H and O–H groups in total. The van der Waals surface area contributed by atoms with Gasteiger partial charge < -0.3 is 14.5 Å². The van der Waals surface area contributed by atoms with Gasteiger partial charge in [0.2, 0.25) is 0 Å². The summed E-state index contributed by atoms with van der Waals surface area (Å²) in [7, 11) is 1.81. The number of nitrogens with zero attached hydrogens (tertiary/aromatic N) is 3. The molecule has 0 radical (unpaired) electrons. The maximum Gasteiger partial charge on any atom is 0.272 e. The molecule has 0 unspecified atom stereocenters. The van der Waals surface area contributed by atoms with Crippen molar-refractivity contribution in [1.82, 2.24) is 14.8 Å². The Balaban J connectivity index is 1.92. The van der Waals surface area contributed by atoms with E-state index in [1.807, 2.05) is 42.3 Å². The Bertz CT molecular complexity index is 854. The van der Waals surface area contributed by atoms with Gasteiger partial charge in [0, 0.05) is 26.3 Å². The summed E-state index contributed by atoms with van der Waals surface area (Å²) in [4.78, 5) is 34.1. The van der Waals surface area contributed by atoms with Gasteiger partial charge in [-0.2, -0.15) is 0 Å². The van der Waals surface area contributed by atoms with E-state index in [1.165, 1.54) is 0 Å². The maximum atomic E-state index is 13.3. The number of carbonyl (C=O) groups excluding carboxylic acids is 2. The van der Waals surface area contributed by atoms with Gasteiger partial charge in [0.1, 0.15) is 18.1 Å². The molecule has 2 heterocycles. The van der Waals surface area contributed by atoms with Crippen LogP contribution in [0.2, 0.25) is 0 Å². The third kappa shape index (κ3) is 5.38. The lowest BCUT2D eigenvalue weighted by Gasteiger charge is -2.34. The Morgan fingerprint density at radius 3 is 2.60 bits per heavy atom. The van der Waals surface area contributed by atoms with Crippen molar-refractivity contribution in [2.45, 2.75) is 39.2 Å². The molecule has 0 saturated carbocycles. The molecule has 0 bridgehead atoms. The molecule has 6 heteroatoms. The first-order valence-electron chi connectivity index (χ1n) is 10.7. The third-order valence-corrected chi connectivity index (χ3v) is 5.37. The number of rotatable bonds is 3. The fraction of sp³-hybridized carbons (Fsp3) is 0.458. The summed E-state index contributed by atoms with van der Waals surface area (Å²) in [5.74, 6) is 0.857. The predicted octanol–water partition coefficient (Wildman–Crippen LogP) is 3.88. The van der Waals surface area contributed by atoms with Crippen molar-refractivity contribution in [2.75, 3.05) is 26.7 Å². The first kappa shape index (κ1) is 21.8. The van der Waals surface area contributed by atoms with Gasteiger partial charge in [0.05, 0.1) is 11.6 Å². The molecular weight excluding hydrogens is 378 g/mol. The van der Waals surface area contributed by atoms with Gasteiger partial charge in [-0.15, -0.1) is 0 Å². The number of fused-ring (bicyclic) bond motifs is 1. The number of amides is 2. The van der Waals surface area contributed by atoms with Crippen LogP contribution in [-0.4, -0.2) is 59.4 Å². The molecule has 1 aliphatic rings. The first-order valence-corrected chi connectivity index (χ1v) is 10.7. The van der Waals surface area contributed by atoms with Crippen LogP contribution < -0.4 is 4.74 Å². The Morgan fingerprint density at radius 2 is 1.87 bits per heavy atom. The van der Waals surface area contributed by atoms with Crippen LogP contribution in [0.5, 0.6) is 5.75 Å². The van der Waals surface area contributed by atoms with Gasteiger partial charge in [0.15, 0.2) is 0 Å². The number of hydrogen-bond donors (Lipinski definition) is 0. The van der Waals surface area contributed by atoms with Crippen molar-refractivity contribution in [2.24, 2.45) is 5.92 Å². The molecule has 2 amide bonds. The smallest absolute Gasteiger partial charge is 0.272 e. The molecule has 6 nitrogen and oxygen atoms in total. The monoisotopic (exact) mass is 409 g/mol. The van der Waals surface area contributed by atoms with Crippen LogP contribution in [-0.2, 0) is 0 Å². The second-order valence-corrected chi connectivity index (χ2v) is 8.24. The fourth-order valence-electron chi connectivity index (χ4n) is 3.81. The second kappa shape index (κ2) is 10.2. The summed E-state index contributed by atoms with van der Waals surface area (Å²) in [5, 5.41) is 0. The quantitative estimate of drug-likeness (QED) is 0.772. The minimum atomic E-state index is -0.0974. The van der Waals surface area contributed by atoms with Crippen LogP contribution in [0.25, 0.3) is 0 Å². The number of para-hydroxylation sites is 1. The Labute approximate surface area is 178 Å². The molecule has 1 aromatic heterocycles. The van der Waals surface area contributed by atoms with E-state index in [2.05, 4.69) is 18.8 Å². The van der Waals surface area contributed by atoms with E-state index in [4.69, 9.17) is 4.74 Å². The van der Waals surface area contributed by atoms with Gasteiger partial charge in [0.25, 0.3) is 11.8 Å². The van der Waals surface area contributed by atoms with E-state index in [1.54, 1.807) is 23.2 Å². The lowest BCUT2D eigenvalue weighted by Crippen LogP contribution is -2.45. The van der Waals surface area contributed by atoms with E-state index in [0.29, 0.717) is 42.6 Å². The zero-order chi connectivity index (χ0) is 21.5. The van der Waals surface area contributed by atoms with Crippen LogP contribution in [0, 0.1) is 5.92 Å². The largest absolute Gasteiger partial charge is 0.491 e. The van der Waals surface area contributed by atoms with Crippen molar-refractivity contribution in [3.63, 3.8) is 0 Å². The van der Waals surface area contributed by atoms with E-state index in [9.17, 15) is 9.59 Å². The number of aromatic nitrogens is 1. The molecule has 0 spiro atoms.